The van der Waals surface area contributed by atoms with Crippen molar-refractivity contribution in [3.63, 3.8) is 0 Å². The third-order valence-electron chi connectivity index (χ3n) is 8.37. The third-order valence-corrected chi connectivity index (χ3v) is 8.37. The molecule has 9 heteroatoms. The number of benzene rings is 3. The van der Waals surface area contributed by atoms with E-state index >= 15 is 0 Å². The molecule has 9 nitrogen and oxygen atoms in total. The lowest BCUT2D eigenvalue weighted by Gasteiger charge is -2.40. The maximum absolute atomic E-state index is 12.9. The summed E-state index contributed by atoms with van der Waals surface area (Å²) < 4.78 is 13.3. The normalized spacial score (nSPS) is 17.6. The molecule has 0 radical (unpaired) electrons. The van der Waals surface area contributed by atoms with Crippen LogP contribution in [-0.4, -0.2) is 69.9 Å². The molecule has 3 heterocycles. The van der Waals surface area contributed by atoms with Gasteiger partial charge in [-0.3, -0.25) is 9.80 Å². The van der Waals surface area contributed by atoms with Crippen molar-refractivity contribution in [3.8, 4) is 11.4 Å². The second-order valence-corrected chi connectivity index (χ2v) is 11.6. The lowest BCUT2D eigenvalue weighted by molar-refractivity contribution is -0.0268. The Kier molecular flexibility index (Phi) is 9.04. The highest BCUT2D eigenvalue weighted by molar-refractivity contribution is 5.94. The summed E-state index contributed by atoms with van der Waals surface area (Å²) in [4.78, 5) is 14.8. The first-order valence-corrected chi connectivity index (χ1v) is 15.3. The number of anilines is 1. The average molecular weight is 594 g/mol. The molecule has 44 heavy (non-hydrogen) atoms. The van der Waals surface area contributed by atoms with E-state index in [1.54, 1.807) is 10.9 Å². The summed E-state index contributed by atoms with van der Waals surface area (Å²) in [5.74, 6) is 0.711. The molecule has 0 bridgehead atoms. The van der Waals surface area contributed by atoms with E-state index in [0.717, 1.165) is 28.9 Å². The van der Waals surface area contributed by atoms with Crippen molar-refractivity contribution in [2.75, 3.05) is 31.3 Å². The van der Waals surface area contributed by atoms with Crippen molar-refractivity contribution >= 4 is 17.8 Å². The predicted molar refractivity (Wildman–Crippen MR) is 170 cm³/mol. The highest BCUT2D eigenvalue weighted by Gasteiger charge is 2.38. The first-order chi connectivity index (χ1) is 21.5. The Morgan fingerprint density at radius 2 is 1.68 bits per heavy atom. The molecule has 1 atom stereocenters. The van der Waals surface area contributed by atoms with E-state index in [0.29, 0.717) is 63.5 Å². The quantitative estimate of drug-likeness (QED) is 0.234. The number of hydrogen-bond donors (Lipinski definition) is 1. The second-order valence-electron chi connectivity index (χ2n) is 11.6. The van der Waals surface area contributed by atoms with Gasteiger partial charge in [0.05, 0.1) is 48.6 Å². The molecule has 6 rings (SSSR count). The van der Waals surface area contributed by atoms with Crippen LogP contribution < -0.4 is 9.75 Å². The topological polar surface area (TPSA) is 92.4 Å². The van der Waals surface area contributed by atoms with Crippen LogP contribution in [0.1, 0.15) is 47.2 Å². The zero-order chi connectivity index (χ0) is 30.4. The molecule has 0 saturated carbocycles. The van der Waals surface area contributed by atoms with Crippen LogP contribution in [0.25, 0.3) is 5.69 Å². The number of aromatic nitrogens is 2. The number of hydrogen-bond acceptors (Lipinski definition) is 7. The van der Waals surface area contributed by atoms with Crippen molar-refractivity contribution < 1.29 is 19.4 Å². The van der Waals surface area contributed by atoms with E-state index in [-0.39, 0.29) is 11.9 Å². The molecule has 228 valence electrons. The number of rotatable bonds is 11. The summed E-state index contributed by atoms with van der Waals surface area (Å²) in [5.41, 5.74) is 4.00. The highest BCUT2D eigenvalue weighted by atomic mass is 16.5. The van der Waals surface area contributed by atoms with Gasteiger partial charge >= 0.3 is 0 Å². The Hall–Kier alpha value is -4.47. The predicted octanol–water partition coefficient (Wildman–Crippen LogP) is 5.40. The van der Waals surface area contributed by atoms with Crippen LogP contribution in [-0.2, 0) is 11.3 Å². The number of amides is 1. The molecule has 3 aromatic carbocycles. The molecule has 1 unspecified atom stereocenters. The number of carbonyl (C=O) groups excluding carboxylic acids is 1. The first-order valence-electron chi connectivity index (χ1n) is 15.3. The molecule has 0 spiro atoms. The van der Waals surface area contributed by atoms with Gasteiger partial charge in [-0.15, -0.1) is 0 Å². The summed E-state index contributed by atoms with van der Waals surface area (Å²) in [6.45, 7) is 4.59. The molecule has 1 saturated heterocycles. The highest BCUT2D eigenvalue weighted by Crippen LogP contribution is 2.34. The van der Waals surface area contributed by atoms with Crippen molar-refractivity contribution in [3.05, 3.63) is 108 Å². The molecule has 2 aliphatic heterocycles. The molecule has 1 aromatic heterocycles. The van der Waals surface area contributed by atoms with Gasteiger partial charge in [-0.25, -0.2) is 4.68 Å². The summed E-state index contributed by atoms with van der Waals surface area (Å²) >= 11 is 0. The maximum Gasteiger partial charge on any atom is 0.253 e. The van der Waals surface area contributed by atoms with Gasteiger partial charge in [0, 0.05) is 31.3 Å². The summed E-state index contributed by atoms with van der Waals surface area (Å²) in [6, 6.07) is 25.9. The number of aryl methyl sites for hydroxylation is 1. The SMILES string of the molecule is Cc1ccc(C(=O)N2CCC(O)(CC3CC=NN3c3ccc(-n4cc(OCCOCc5ccccc5)cn4)cc3)CC2)cc1. The molecular weight excluding hydrogens is 554 g/mol. The number of likely N-dealkylation sites (tertiary alicyclic amines) is 1. The number of hydrazone groups is 1. The van der Waals surface area contributed by atoms with Crippen molar-refractivity contribution in [1.29, 1.82) is 0 Å². The van der Waals surface area contributed by atoms with Gasteiger partial charge in [-0.2, -0.15) is 10.2 Å². The van der Waals surface area contributed by atoms with E-state index < -0.39 is 5.60 Å². The van der Waals surface area contributed by atoms with Gasteiger partial charge in [0.25, 0.3) is 5.91 Å². The Balaban J connectivity index is 0.986. The standard InChI is InChI=1S/C35H39N5O4/c1-27-7-9-29(10-8-27)34(41)38-19-16-35(42,17-20-38)23-32-15-18-36-40(32)31-13-11-30(12-14-31)39-25-33(24-37-39)44-22-21-43-26-28-5-3-2-4-6-28/h2-14,18,24-25,32,42H,15-17,19-23,26H2,1H3. The smallest absolute Gasteiger partial charge is 0.253 e. The van der Waals surface area contributed by atoms with Crippen LogP contribution in [0.5, 0.6) is 5.75 Å². The van der Waals surface area contributed by atoms with Crippen LogP contribution in [0, 0.1) is 6.92 Å². The Labute approximate surface area is 258 Å². The third kappa shape index (κ3) is 7.18. The lowest BCUT2D eigenvalue weighted by atomic mass is 9.84. The average Bonchev–Trinajstić information content (AvgIpc) is 3.72. The Bertz CT molecular complexity index is 1540. The summed E-state index contributed by atoms with van der Waals surface area (Å²) in [5, 5.41) is 22.6. The van der Waals surface area contributed by atoms with Gasteiger partial charge in [0.2, 0.25) is 0 Å². The van der Waals surface area contributed by atoms with E-state index in [1.165, 1.54) is 0 Å². The van der Waals surface area contributed by atoms with Gasteiger partial charge < -0.3 is 19.5 Å². The first kappa shape index (κ1) is 29.6. The van der Waals surface area contributed by atoms with E-state index in [2.05, 4.69) is 10.2 Å². The van der Waals surface area contributed by atoms with Crippen LogP contribution in [0.4, 0.5) is 5.69 Å². The largest absolute Gasteiger partial charge is 0.488 e. The Morgan fingerprint density at radius 1 is 0.955 bits per heavy atom. The van der Waals surface area contributed by atoms with Crippen molar-refractivity contribution in [1.82, 2.24) is 14.7 Å². The fraction of sp³-hybridized carbons (Fsp3) is 0.343. The number of ether oxygens (including phenoxy) is 2. The van der Waals surface area contributed by atoms with Gasteiger partial charge in [0.1, 0.15) is 6.61 Å². The zero-order valence-electron chi connectivity index (χ0n) is 25.1. The monoisotopic (exact) mass is 593 g/mol. The lowest BCUT2D eigenvalue weighted by Crippen LogP contribution is -2.49. The fourth-order valence-electron chi connectivity index (χ4n) is 5.81. The van der Waals surface area contributed by atoms with Crippen molar-refractivity contribution in [2.45, 2.75) is 50.9 Å². The minimum absolute atomic E-state index is 0.0293. The van der Waals surface area contributed by atoms with Crippen molar-refractivity contribution in [2.24, 2.45) is 5.10 Å². The molecule has 4 aromatic rings. The molecule has 1 amide bonds. The Morgan fingerprint density at radius 3 is 2.43 bits per heavy atom. The minimum atomic E-state index is -0.835. The number of carbonyl (C=O) groups is 1. The van der Waals surface area contributed by atoms with Crippen LogP contribution in [0.3, 0.4) is 0 Å². The number of aliphatic hydroxyl groups is 1. The maximum atomic E-state index is 12.9. The van der Waals surface area contributed by atoms with E-state index in [9.17, 15) is 9.90 Å². The van der Waals surface area contributed by atoms with E-state index in [4.69, 9.17) is 9.47 Å². The molecule has 1 N–H and O–H groups in total. The fourth-order valence-corrected chi connectivity index (χ4v) is 5.81. The van der Waals surface area contributed by atoms with Crippen LogP contribution >= 0.6 is 0 Å². The minimum Gasteiger partial charge on any atom is -0.488 e. The molecule has 2 aliphatic rings. The molecule has 1 fully saturated rings. The van der Waals surface area contributed by atoms with Gasteiger partial charge in [-0.1, -0.05) is 48.0 Å². The molecular formula is C35H39N5O4. The van der Waals surface area contributed by atoms with Crippen LogP contribution in [0.15, 0.2) is 96.4 Å². The summed E-state index contributed by atoms with van der Waals surface area (Å²) in [7, 11) is 0. The number of nitrogens with zero attached hydrogens (tertiary/aromatic N) is 5. The van der Waals surface area contributed by atoms with Crippen LogP contribution in [0.2, 0.25) is 0 Å². The zero-order valence-corrected chi connectivity index (χ0v) is 25.1. The molecule has 0 aliphatic carbocycles. The number of piperidine rings is 1. The second kappa shape index (κ2) is 13.4. The van der Waals surface area contributed by atoms with Gasteiger partial charge in [-0.05, 0) is 68.1 Å². The van der Waals surface area contributed by atoms with E-state index in [1.807, 2.05) is 108 Å². The summed E-state index contributed by atoms with van der Waals surface area (Å²) in [6.07, 6.45) is 7.94. The van der Waals surface area contributed by atoms with Gasteiger partial charge in [0.15, 0.2) is 5.75 Å².